The van der Waals surface area contributed by atoms with Crippen molar-refractivity contribution in [3.05, 3.63) is 60.3 Å². The lowest BCUT2D eigenvalue weighted by molar-refractivity contribution is 0.102. The molecule has 3 aromatic rings. The van der Waals surface area contributed by atoms with E-state index in [1.807, 2.05) is 24.3 Å². The van der Waals surface area contributed by atoms with Crippen molar-refractivity contribution in [3.63, 3.8) is 0 Å². The third-order valence-electron chi connectivity index (χ3n) is 7.51. The molecule has 0 radical (unpaired) electrons. The first-order valence-corrected chi connectivity index (χ1v) is 14.5. The van der Waals surface area contributed by atoms with Gasteiger partial charge in [0, 0.05) is 24.8 Å². The van der Waals surface area contributed by atoms with Gasteiger partial charge in [-0.15, -0.1) is 0 Å². The summed E-state index contributed by atoms with van der Waals surface area (Å²) < 4.78 is 27.4. The Morgan fingerprint density at radius 3 is 2.42 bits per heavy atom. The summed E-state index contributed by atoms with van der Waals surface area (Å²) in [7, 11) is -3.63. The zero-order valence-corrected chi connectivity index (χ0v) is 21.7. The second-order valence-corrected chi connectivity index (χ2v) is 11.9. The molecule has 2 aromatic carbocycles. The van der Waals surface area contributed by atoms with Gasteiger partial charge in [0.25, 0.3) is 5.91 Å². The number of rotatable bonds is 5. The fourth-order valence-electron chi connectivity index (χ4n) is 5.49. The minimum absolute atomic E-state index is 0.188. The van der Waals surface area contributed by atoms with E-state index in [9.17, 15) is 18.3 Å². The van der Waals surface area contributed by atoms with Crippen LogP contribution in [0.15, 0.2) is 59.6 Å². The van der Waals surface area contributed by atoms with E-state index in [0.29, 0.717) is 54.6 Å². The lowest BCUT2D eigenvalue weighted by Gasteiger charge is -2.31. The van der Waals surface area contributed by atoms with Gasteiger partial charge < -0.3 is 20.6 Å². The normalized spacial score (nSPS) is 19.0. The van der Waals surface area contributed by atoms with Crippen molar-refractivity contribution in [2.24, 2.45) is 0 Å². The van der Waals surface area contributed by atoms with E-state index in [-0.39, 0.29) is 16.8 Å². The van der Waals surface area contributed by atoms with Gasteiger partial charge in [0.15, 0.2) is 5.82 Å². The number of sulfonamides is 1. The minimum atomic E-state index is -3.63. The summed E-state index contributed by atoms with van der Waals surface area (Å²) >= 11 is 0. The van der Waals surface area contributed by atoms with E-state index in [1.54, 1.807) is 30.5 Å². The molecule has 0 atom stereocenters. The Balaban J connectivity index is 1.28. The topological polar surface area (TPSA) is 128 Å². The van der Waals surface area contributed by atoms with Crippen LogP contribution in [0.25, 0.3) is 0 Å². The molecule has 3 aliphatic rings. The standard InChI is InChI=1S/C27H30N6O4S/c34-20-13-15-32(16-14-20)38(36,37)21-11-9-18(10-12-21)29-27-28-17-23-25(31-27)33(19-5-1-2-6-19)24-8-4-3-7-22(24)26(35)30-23/h3-4,7-12,17,19-20,34H,1-2,5-6,13-16H2,(H,30,35)(H,28,29,31). The van der Waals surface area contributed by atoms with Crippen LogP contribution in [-0.2, 0) is 10.0 Å². The van der Waals surface area contributed by atoms with Crippen molar-refractivity contribution >= 4 is 44.8 Å². The van der Waals surface area contributed by atoms with Gasteiger partial charge in [0.05, 0.1) is 28.4 Å². The van der Waals surface area contributed by atoms with E-state index in [4.69, 9.17) is 4.98 Å². The van der Waals surface area contributed by atoms with Gasteiger partial charge in [-0.2, -0.15) is 9.29 Å². The third-order valence-corrected chi connectivity index (χ3v) is 9.43. The van der Waals surface area contributed by atoms with Crippen LogP contribution >= 0.6 is 0 Å². The maximum Gasteiger partial charge on any atom is 0.257 e. The molecule has 6 rings (SSSR count). The molecule has 3 N–H and O–H groups in total. The van der Waals surface area contributed by atoms with Gasteiger partial charge in [-0.3, -0.25) is 4.79 Å². The molecule has 0 unspecified atom stereocenters. The van der Waals surface area contributed by atoms with E-state index in [0.717, 1.165) is 31.4 Å². The number of aliphatic hydroxyl groups is 1. The zero-order valence-electron chi connectivity index (χ0n) is 20.9. The van der Waals surface area contributed by atoms with Crippen molar-refractivity contribution in [2.45, 2.75) is 55.6 Å². The molecule has 1 amide bonds. The Labute approximate surface area is 221 Å². The fraction of sp³-hybridized carbons (Fsp3) is 0.370. The van der Waals surface area contributed by atoms with Gasteiger partial charge in [-0.05, 0) is 62.1 Å². The summed E-state index contributed by atoms with van der Waals surface area (Å²) in [6.07, 6.45) is 6.34. The minimum Gasteiger partial charge on any atom is -0.393 e. The monoisotopic (exact) mass is 534 g/mol. The number of piperidine rings is 1. The van der Waals surface area contributed by atoms with Gasteiger partial charge in [-0.25, -0.2) is 13.4 Å². The largest absolute Gasteiger partial charge is 0.393 e. The van der Waals surface area contributed by atoms with E-state index in [1.165, 1.54) is 4.31 Å². The summed E-state index contributed by atoms with van der Waals surface area (Å²) in [6.45, 7) is 0.618. The van der Waals surface area contributed by atoms with Gasteiger partial charge in [-0.1, -0.05) is 25.0 Å². The van der Waals surface area contributed by atoms with Gasteiger partial charge in [0.2, 0.25) is 16.0 Å². The molecule has 11 heteroatoms. The second kappa shape index (κ2) is 9.97. The van der Waals surface area contributed by atoms with E-state index in [2.05, 4.69) is 20.5 Å². The zero-order chi connectivity index (χ0) is 26.3. The third kappa shape index (κ3) is 4.61. The van der Waals surface area contributed by atoms with E-state index < -0.39 is 16.1 Å². The second-order valence-electron chi connectivity index (χ2n) is 10.00. The number of nitrogens with one attached hydrogen (secondary N) is 2. The molecule has 0 spiro atoms. The van der Waals surface area contributed by atoms with Crippen LogP contribution in [0.5, 0.6) is 0 Å². The smallest absolute Gasteiger partial charge is 0.257 e. The number of benzene rings is 2. The Hall–Kier alpha value is -3.54. The lowest BCUT2D eigenvalue weighted by Crippen LogP contribution is -2.39. The number of hydrogen-bond acceptors (Lipinski definition) is 8. The SMILES string of the molecule is O=C1Nc2cnc(Nc3ccc(S(=O)(=O)N4CCC(O)CC4)cc3)nc2N(C2CCCC2)c2ccccc21. The van der Waals surface area contributed by atoms with Crippen molar-refractivity contribution in [1.29, 1.82) is 0 Å². The number of fused-ring (bicyclic) bond motifs is 2. The lowest BCUT2D eigenvalue weighted by atomic mass is 10.1. The summed E-state index contributed by atoms with van der Waals surface area (Å²) in [5.41, 5.74) is 2.63. The Morgan fingerprint density at radius 2 is 1.68 bits per heavy atom. The Bertz CT molecular complexity index is 1450. The number of aromatic nitrogens is 2. The molecule has 0 bridgehead atoms. The van der Waals surface area contributed by atoms with Gasteiger partial charge >= 0.3 is 0 Å². The fourth-order valence-corrected chi connectivity index (χ4v) is 6.96. The number of nitrogens with zero attached hydrogens (tertiary/aromatic N) is 4. The first kappa shape index (κ1) is 24.8. The first-order valence-electron chi connectivity index (χ1n) is 13.0. The molecular weight excluding hydrogens is 504 g/mol. The molecule has 1 aliphatic carbocycles. The molecule has 2 aliphatic heterocycles. The highest BCUT2D eigenvalue weighted by molar-refractivity contribution is 7.89. The summed E-state index contributed by atoms with van der Waals surface area (Å²) in [5.74, 6) is 0.798. The van der Waals surface area contributed by atoms with Crippen LogP contribution in [-0.4, -0.2) is 58.9 Å². The van der Waals surface area contributed by atoms with Crippen LogP contribution in [0.2, 0.25) is 0 Å². The van der Waals surface area contributed by atoms with Crippen molar-refractivity contribution in [1.82, 2.24) is 14.3 Å². The van der Waals surface area contributed by atoms with Crippen molar-refractivity contribution in [3.8, 4) is 0 Å². The quantitative estimate of drug-likeness (QED) is 0.448. The van der Waals surface area contributed by atoms with Gasteiger partial charge in [0.1, 0.15) is 5.69 Å². The predicted molar refractivity (Wildman–Crippen MR) is 145 cm³/mol. The number of para-hydroxylation sites is 1. The highest BCUT2D eigenvalue weighted by atomic mass is 32.2. The van der Waals surface area contributed by atoms with Crippen molar-refractivity contribution < 1.29 is 18.3 Å². The van der Waals surface area contributed by atoms with Crippen LogP contribution in [0, 0.1) is 0 Å². The molecule has 1 saturated carbocycles. The van der Waals surface area contributed by atoms with E-state index >= 15 is 0 Å². The number of anilines is 5. The molecule has 3 heterocycles. The number of amides is 1. The number of aliphatic hydroxyl groups excluding tert-OH is 1. The number of hydrogen-bond donors (Lipinski definition) is 3. The molecular formula is C27H30N6O4S. The average molecular weight is 535 g/mol. The molecule has 38 heavy (non-hydrogen) atoms. The molecule has 198 valence electrons. The number of carbonyl (C=O) groups is 1. The highest BCUT2D eigenvalue weighted by Crippen LogP contribution is 2.41. The molecule has 1 aromatic heterocycles. The predicted octanol–water partition coefficient (Wildman–Crippen LogP) is 4.01. The first-order chi connectivity index (χ1) is 18.4. The Kier molecular flexibility index (Phi) is 6.50. The Morgan fingerprint density at radius 1 is 0.974 bits per heavy atom. The van der Waals surface area contributed by atoms with Crippen LogP contribution < -0.4 is 15.5 Å². The molecule has 10 nitrogen and oxygen atoms in total. The maximum atomic E-state index is 13.0. The maximum absolute atomic E-state index is 13.0. The summed E-state index contributed by atoms with van der Waals surface area (Å²) in [4.78, 5) is 24.6. The van der Waals surface area contributed by atoms with Crippen molar-refractivity contribution in [2.75, 3.05) is 28.6 Å². The number of carbonyl (C=O) groups excluding carboxylic acids is 1. The average Bonchev–Trinajstić information content (AvgIpc) is 3.42. The van der Waals surface area contributed by atoms with Crippen LogP contribution in [0.3, 0.4) is 0 Å². The van der Waals surface area contributed by atoms with Crippen LogP contribution in [0.1, 0.15) is 48.9 Å². The highest BCUT2D eigenvalue weighted by Gasteiger charge is 2.33. The molecule has 1 saturated heterocycles. The summed E-state index contributed by atoms with van der Waals surface area (Å²) in [6, 6.07) is 14.3. The summed E-state index contributed by atoms with van der Waals surface area (Å²) in [5, 5.41) is 15.8. The van der Waals surface area contributed by atoms with Crippen LogP contribution in [0.4, 0.5) is 28.8 Å². The molecule has 2 fully saturated rings.